The van der Waals surface area contributed by atoms with Crippen molar-refractivity contribution >= 4 is 64.0 Å². The predicted octanol–water partition coefficient (Wildman–Crippen LogP) is 4.25. The van der Waals surface area contributed by atoms with Crippen LogP contribution in [0.15, 0.2) is 29.8 Å². The minimum atomic E-state index is -0.951. The predicted molar refractivity (Wildman–Crippen MR) is 98.9 cm³/mol. The molecule has 0 radical (unpaired) electrons. The number of aromatic nitrogens is 1. The summed E-state index contributed by atoms with van der Waals surface area (Å²) in [6.45, 7) is 1.49. The van der Waals surface area contributed by atoms with E-state index in [4.69, 9.17) is 27.9 Å². The molecule has 0 spiro atoms. The fourth-order valence-electron chi connectivity index (χ4n) is 1.64. The van der Waals surface area contributed by atoms with Crippen molar-refractivity contribution < 1.29 is 14.3 Å². The van der Waals surface area contributed by atoms with Crippen LogP contribution in [0.1, 0.15) is 11.8 Å². The molecular formula is C15H14Cl2N2O3S2. The van der Waals surface area contributed by atoms with Gasteiger partial charge in [-0.25, -0.2) is 4.98 Å². The first-order chi connectivity index (χ1) is 11.5. The summed E-state index contributed by atoms with van der Waals surface area (Å²) < 4.78 is 5.10. The molecule has 0 saturated carbocycles. The number of halogens is 2. The third kappa shape index (κ3) is 5.98. The van der Waals surface area contributed by atoms with Gasteiger partial charge in [0.05, 0.1) is 15.8 Å². The van der Waals surface area contributed by atoms with Crippen molar-refractivity contribution in [2.45, 2.75) is 18.8 Å². The molecule has 2 aromatic heterocycles. The van der Waals surface area contributed by atoms with Crippen LogP contribution >= 0.6 is 46.3 Å². The molecule has 0 aliphatic heterocycles. The van der Waals surface area contributed by atoms with Gasteiger partial charge in [0.15, 0.2) is 11.9 Å². The molecule has 0 fully saturated rings. The molecule has 24 heavy (non-hydrogen) atoms. The molecule has 2 heterocycles. The maximum Gasteiger partial charge on any atom is 0.316 e. The van der Waals surface area contributed by atoms with Crippen LogP contribution in [0.25, 0.3) is 0 Å². The van der Waals surface area contributed by atoms with Crippen molar-refractivity contribution in [1.82, 2.24) is 4.98 Å². The molecule has 1 atom stereocenters. The maximum atomic E-state index is 12.0. The highest BCUT2D eigenvalue weighted by Gasteiger charge is 2.19. The summed E-state index contributed by atoms with van der Waals surface area (Å²) in [7, 11) is 0. The summed E-state index contributed by atoms with van der Waals surface area (Å²) in [5, 5.41) is 5.05. The van der Waals surface area contributed by atoms with E-state index in [1.54, 1.807) is 11.3 Å². The van der Waals surface area contributed by atoms with Crippen LogP contribution < -0.4 is 5.32 Å². The minimum Gasteiger partial charge on any atom is -0.452 e. The van der Waals surface area contributed by atoms with Crippen molar-refractivity contribution in [1.29, 1.82) is 0 Å². The van der Waals surface area contributed by atoms with Gasteiger partial charge in [-0.2, -0.15) is 0 Å². The van der Waals surface area contributed by atoms with E-state index in [-0.39, 0.29) is 16.6 Å². The van der Waals surface area contributed by atoms with E-state index >= 15 is 0 Å². The Balaban J connectivity index is 1.76. The zero-order chi connectivity index (χ0) is 17.5. The number of pyridine rings is 1. The lowest BCUT2D eigenvalue weighted by molar-refractivity contribution is -0.150. The fraction of sp³-hybridized carbons (Fsp3) is 0.267. The molecule has 0 aromatic carbocycles. The normalized spacial score (nSPS) is 11.8. The van der Waals surface area contributed by atoms with E-state index in [0.717, 1.165) is 5.75 Å². The Morgan fingerprint density at radius 1 is 1.46 bits per heavy atom. The van der Waals surface area contributed by atoms with Crippen LogP contribution in [0, 0.1) is 0 Å². The first kappa shape index (κ1) is 19.1. The Morgan fingerprint density at radius 2 is 2.25 bits per heavy atom. The third-order valence-electron chi connectivity index (χ3n) is 2.77. The number of carbonyl (C=O) groups is 2. The van der Waals surface area contributed by atoms with E-state index < -0.39 is 18.0 Å². The summed E-state index contributed by atoms with van der Waals surface area (Å²) in [6.07, 6.45) is 0.411. The number of carbonyl (C=O) groups excluding carboxylic acids is 2. The van der Waals surface area contributed by atoms with E-state index in [1.165, 1.54) is 35.8 Å². The molecule has 1 amide bonds. The van der Waals surface area contributed by atoms with E-state index in [2.05, 4.69) is 10.3 Å². The Morgan fingerprint density at radius 3 is 2.92 bits per heavy atom. The summed E-state index contributed by atoms with van der Waals surface area (Å²) in [5.74, 6) is 0.117. The minimum absolute atomic E-state index is 0.168. The highest BCUT2D eigenvalue weighted by Crippen LogP contribution is 2.22. The molecule has 0 aliphatic rings. The Bertz CT molecular complexity index is 711. The Kier molecular flexibility index (Phi) is 7.36. The number of nitrogens with one attached hydrogen (secondary N) is 1. The van der Waals surface area contributed by atoms with Gasteiger partial charge in [-0.3, -0.25) is 9.59 Å². The number of thiophene rings is 1. The molecule has 0 saturated heterocycles. The smallest absolute Gasteiger partial charge is 0.316 e. The number of hydrogen-bond donors (Lipinski definition) is 1. The van der Waals surface area contributed by atoms with Gasteiger partial charge in [0.25, 0.3) is 5.91 Å². The lowest BCUT2D eigenvalue weighted by Gasteiger charge is -2.13. The molecule has 0 bridgehead atoms. The molecule has 128 valence electrons. The van der Waals surface area contributed by atoms with Crippen LogP contribution in [0.4, 0.5) is 5.82 Å². The molecular weight excluding hydrogens is 391 g/mol. The quantitative estimate of drug-likeness (QED) is 0.698. The topological polar surface area (TPSA) is 68.3 Å². The first-order valence-electron chi connectivity index (χ1n) is 6.87. The largest absolute Gasteiger partial charge is 0.452 e. The molecule has 2 aromatic rings. The molecule has 2 rings (SSSR count). The second-order valence-corrected chi connectivity index (χ2v) is 7.54. The monoisotopic (exact) mass is 404 g/mol. The van der Waals surface area contributed by atoms with Crippen LogP contribution in [-0.2, 0) is 20.1 Å². The van der Waals surface area contributed by atoms with E-state index in [1.807, 2.05) is 17.5 Å². The van der Waals surface area contributed by atoms with E-state index in [0.29, 0.717) is 5.02 Å². The van der Waals surface area contributed by atoms with Crippen molar-refractivity contribution in [3.05, 3.63) is 44.7 Å². The number of amides is 1. The third-order valence-corrected chi connectivity index (χ3v) is 5.28. The number of ether oxygens (including phenoxy) is 1. The molecule has 5 nitrogen and oxygen atoms in total. The number of esters is 1. The summed E-state index contributed by atoms with van der Waals surface area (Å²) >= 11 is 14.7. The lowest BCUT2D eigenvalue weighted by atomic mass is 10.3. The molecule has 0 aliphatic carbocycles. The van der Waals surface area contributed by atoms with Gasteiger partial charge < -0.3 is 10.1 Å². The number of nitrogens with zero attached hydrogens (tertiary/aromatic N) is 1. The van der Waals surface area contributed by atoms with Gasteiger partial charge in [-0.05, 0) is 24.4 Å². The SMILES string of the molecule is C[C@@H](OC(=O)CSCc1cccs1)C(=O)Nc1ncc(Cl)cc1Cl. The van der Waals surface area contributed by atoms with Crippen molar-refractivity contribution in [2.75, 3.05) is 11.1 Å². The second-order valence-electron chi connectivity index (χ2n) is 4.68. The van der Waals surface area contributed by atoms with Crippen LogP contribution in [-0.4, -0.2) is 28.7 Å². The van der Waals surface area contributed by atoms with Gasteiger partial charge in [-0.1, -0.05) is 29.3 Å². The standard InChI is InChI=1S/C15H14Cl2N2O3S2/c1-9(15(21)19-14-12(17)5-10(16)6-18-14)22-13(20)8-23-7-11-3-2-4-24-11/h2-6,9H,7-8H2,1H3,(H,18,19,21)/t9-/m1/s1. The van der Waals surface area contributed by atoms with Crippen molar-refractivity contribution in [2.24, 2.45) is 0 Å². The molecule has 0 unspecified atom stereocenters. The van der Waals surface area contributed by atoms with Gasteiger partial charge in [0.1, 0.15) is 0 Å². The van der Waals surface area contributed by atoms with Gasteiger partial charge in [0, 0.05) is 16.8 Å². The summed E-state index contributed by atoms with van der Waals surface area (Å²) in [6, 6.07) is 5.42. The number of anilines is 1. The first-order valence-corrected chi connectivity index (χ1v) is 9.66. The van der Waals surface area contributed by atoms with Crippen LogP contribution in [0.2, 0.25) is 10.0 Å². The highest BCUT2D eigenvalue weighted by atomic mass is 35.5. The van der Waals surface area contributed by atoms with Crippen LogP contribution in [0.5, 0.6) is 0 Å². The average molecular weight is 405 g/mol. The van der Waals surface area contributed by atoms with Crippen molar-refractivity contribution in [3.8, 4) is 0 Å². The summed E-state index contributed by atoms with van der Waals surface area (Å²) in [5.41, 5.74) is 0. The molecule has 1 N–H and O–H groups in total. The second kappa shape index (κ2) is 9.27. The zero-order valence-corrected chi connectivity index (χ0v) is 15.8. The van der Waals surface area contributed by atoms with Crippen molar-refractivity contribution in [3.63, 3.8) is 0 Å². The summed E-state index contributed by atoms with van der Waals surface area (Å²) in [4.78, 5) is 28.9. The molecule has 9 heteroatoms. The maximum absolute atomic E-state index is 12.0. The zero-order valence-electron chi connectivity index (χ0n) is 12.6. The highest BCUT2D eigenvalue weighted by molar-refractivity contribution is 7.99. The average Bonchev–Trinajstić information content (AvgIpc) is 3.03. The fourth-order valence-corrected chi connectivity index (χ4v) is 3.71. The van der Waals surface area contributed by atoms with Gasteiger partial charge >= 0.3 is 5.97 Å². The van der Waals surface area contributed by atoms with E-state index in [9.17, 15) is 9.59 Å². The number of hydrogen-bond acceptors (Lipinski definition) is 6. The Hall–Kier alpha value is -1.28. The Labute approximate surface area is 157 Å². The number of thioether (sulfide) groups is 1. The van der Waals surface area contributed by atoms with Gasteiger partial charge in [-0.15, -0.1) is 23.1 Å². The lowest BCUT2D eigenvalue weighted by Crippen LogP contribution is -2.31. The number of rotatable bonds is 7. The van der Waals surface area contributed by atoms with Crippen LogP contribution in [0.3, 0.4) is 0 Å². The van der Waals surface area contributed by atoms with Gasteiger partial charge in [0.2, 0.25) is 0 Å².